The second kappa shape index (κ2) is 6.44. The fraction of sp³-hybridized carbons (Fsp3) is 0.167. The fourth-order valence-corrected chi connectivity index (χ4v) is 1.80. The Kier molecular flexibility index (Phi) is 4.63. The summed E-state index contributed by atoms with van der Waals surface area (Å²) in [6, 6.07) is 5.32. The van der Waals surface area contributed by atoms with E-state index in [9.17, 15) is 13.6 Å². The lowest BCUT2D eigenvalue weighted by Crippen LogP contribution is -2.11. The van der Waals surface area contributed by atoms with Gasteiger partial charge in [0.15, 0.2) is 0 Å². The predicted octanol–water partition coefficient (Wildman–Crippen LogP) is 2.45. The number of benzene rings is 1. The van der Waals surface area contributed by atoms with Crippen molar-refractivity contribution in [3.8, 4) is 11.6 Å². The van der Waals surface area contributed by atoms with Gasteiger partial charge in [-0.1, -0.05) is 6.07 Å². The van der Waals surface area contributed by atoms with E-state index in [0.29, 0.717) is 0 Å². The molecular formula is C12H10F2N2O4S. The number of halogens is 2. The standard InChI is InChI=1S/C12H10F2N2O4S/c13-12(14)20-9-3-1-2-7(11(17)18)8(9)6-19-10-4-5-16(21)15-10/h1-5,12,21H,6H2,(H,17,18). The van der Waals surface area contributed by atoms with Crippen LogP contribution in [-0.2, 0) is 6.61 Å². The van der Waals surface area contributed by atoms with E-state index in [-0.39, 0.29) is 29.4 Å². The summed E-state index contributed by atoms with van der Waals surface area (Å²) in [6.07, 6.45) is 1.50. The summed E-state index contributed by atoms with van der Waals surface area (Å²) in [5, 5.41) is 12.9. The summed E-state index contributed by atoms with van der Waals surface area (Å²) >= 11 is 3.91. The van der Waals surface area contributed by atoms with Crippen molar-refractivity contribution in [2.24, 2.45) is 0 Å². The van der Waals surface area contributed by atoms with Crippen LogP contribution >= 0.6 is 12.8 Å². The van der Waals surface area contributed by atoms with Crippen LogP contribution in [0.4, 0.5) is 8.78 Å². The quantitative estimate of drug-likeness (QED) is 0.801. The largest absolute Gasteiger partial charge is 0.478 e. The fourth-order valence-electron chi connectivity index (χ4n) is 1.64. The molecule has 9 heteroatoms. The monoisotopic (exact) mass is 316 g/mol. The molecule has 1 aromatic heterocycles. The number of rotatable bonds is 6. The van der Waals surface area contributed by atoms with Gasteiger partial charge in [0, 0.05) is 17.8 Å². The second-order valence-corrected chi connectivity index (χ2v) is 4.24. The Bertz CT molecular complexity index is 648. The number of aromatic nitrogens is 2. The summed E-state index contributed by atoms with van der Waals surface area (Å²) in [7, 11) is 0. The molecule has 1 N–H and O–H groups in total. The normalized spacial score (nSPS) is 10.7. The van der Waals surface area contributed by atoms with E-state index in [0.717, 1.165) is 0 Å². The minimum atomic E-state index is -3.07. The number of carboxylic acid groups (broad SMARTS) is 1. The molecule has 2 aromatic rings. The van der Waals surface area contributed by atoms with Crippen LogP contribution in [0.25, 0.3) is 0 Å². The van der Waals surface area contributed by atoms with Gasteiger partial charge in [-0.25, -0.2) is 8.88 Å². The Morgan fingerprint density at radius 2 is 2.19 bits per heavy atom. The van der Waals surface area contributed by atoms with Gasteiger partial charge in [0.05, 0.1) is 5.56 Å². The first-order valence-electron chi connectivity index (χ1n) is 5.65. The molecule has 0 saturated carbocycles. The van der Waals surface area contributed by atoms with Gasteiger partial charge in [0.2, 0.25) is 5.88 Å². The highest BCUT2D eigenvalue weighted by Gasteiger charge is 2.18. The number of thiol groups is 1. The van der Waals surface area contributed by atoms with E-state index >= 15 is 0 Å². The van der Waals surface area contributed by atoms with E-state index in [1.165, 1.54) is 34.5 Å². The molecule has 0 fully saturated rings. The van der Waals surface area contributed by atoms with Crippen LogP contribution in [0.3, 0.4) is 0 Å². The highest BCUT2D eigenvalue weighted by molar-refractivity contribution is 7.78. The van der Waals surface area contributed by atoms with Crippen molar-refractivity contribution in [3.63, 3.8) is 0 Å². The first-order valence-corrected chi connectivity index (χ1v) is 6.05. The number of aromatic carboxylic acids is 1. The number of nitrogens with zero attached hydrogens (tertiary/aromatic N) is 2. The van der Waals surface area contributed by atoms with E-state index in [1.54, 1.807) is 0 Å². The van der Waals surface area contributed by atoms with Gasteiger partial charge in [-0.15, -0.1) is 5.10 Å². The molecule has 6 nitrogen and oxygen atoms in total. The molecule has 0 amide bonds. The van der Waals surface area contributed by atoms with Gasteiger partial charge >= 0.3 is 12.6 Å². The maximum Gasteiger partial charge on any atom is 0.387 e. The maximum atomic E-state index is 12.4. The Hall–Kier alpha value is -2.29. The SMILES string of the molecule is O=C(O)c1cccc(OC(F)F)c1COc1ccn(S)n1. The Morgan fingerprint density at radius 1 is 1.43 bits per heavy atom. The molecule has 0 atom stereocenters. The summed E-state index contributed by atoms with van der Waals surface area (Å²) in [5.41, 5.74) is -0.183. The summed E-state index contributed by atoms with van der Waals surface area (Å²) < 4.78 is 35.5. The highest BCUT2D eigenvalue weighted by atomic mass is 32.1. The summed E-state index contributed by atoms with van der Waals surface area (Å²) in [5.74, 6) is -1.35. The summed E-state index contributed by atoms with van der Waals surface area (Å²) in [4.78, 5) is 11.1. The van der Waals surface area contributed by atoms with Crippen LogP contribution in [-0.4, -0.2) is 26.9 Å². The number of ether oxygens (including phenoxy) is 2. The van der Waals surface area contributed by atoms with Gasteiger partial charge < -0.3 is 14.6 Å². The topological polar surface area (TPSA) is 73.6 Å². The Balaban J connectivity index is 2.27. The zero-order valence-electron chi connectivity index (χ0n) is 10.4. The number of hydrogen-bond donors (Lipinski definition) is 2. The smallest absolute Gasteiger partial charge is 0.387 e. The lowest BCUT2D eigenvalue weighted by atomic mass is 10.1. The predicted molar refractivity (Wildman–Crippen MR) is 71.0 cm³/mol. The number of carbonyl (C=O) groups is 1. The third-order valence-corrected chi connectivity index (χ3v) is 2.72. The van der Waals surface area contributed by atoms with Crippen LogP contribution in [0.15, 0.2) is 30.5 Å². The van der Waals surface area contributed by atoms with Gasteiger partial charge in [-0.05, 0) is 24.9 Å². The van der Waals surface area contributed by atoms with Crippen molar-refractivity contribution in [1.29, 1.82) is 0 Å². The first kappa shape index (κ1) is 15.1. The molecule has 112 valence electrons. The lowest BCUT2D eigenvalue weighted by Gasteiger charge is -2.13. The molecule has 0 saturated heterocycles. The van der Waals surface area contributed by atoms with Gasteiger partial charge in [-0.2, -0.15) is 8.78 Å². The van der Waals surface area contributed by atoms with Crippen LogP contribution in [0.5, 0.6) is 11.6 Å². The average molecular weight is 316 g/mol. The highest BCUT2D eigenvalue weighted by Crippen LogP contribution is 2.26. The zero-order valence-corrected chi connectivity index (χ0v) is 11.3. The maximum absolute atomic E-state index is 12.4. The zero-order chi connectivity index (χ0) is 15.4. The Labute approximate surface area is 123 Å². The van der Waals surface area contributed by atoms with E-state index in [2.05, 4.69) is 22.7 Å². The van der Waals surface area contributed by atoms with Crippen LogP contribution in [0, 0.1) is 0 Å². The third-order valence-electron chi connectivity index (χ3n) is 2.50. The minimum absolute atomic E-state index is 0.000913. The average Bonchev–Trinajstić information content (AvgIpc) is 2.82. The molecule has 1 aromatic carbocycles. The lowest BCUT2D eigenvalue weighted by molar-refractivity contribution is -0.0509. The molecule has 2 rings (SSSR count). The van der Waals surface area contributed by atoms with Crippen molar-refractivity contribution >= 4 is 18.8 Å². The van der Waals surface area contributed by atoms with Crippen molar-refractivity contribution in [2.75, 3.05) is 0 Å². The van der Waals surface area contributed by atoms with Crippen molar-refractivity contribution in [1.82, 2.24) is 9.19 Å². The number of alkyl halides is 2. The second-order valence-electron chi connectivity index (χ2n) is 3.83. The molecule has 0 aliphatic heterocycles. The van der Waals surface area contributed by atoms with E-state index < -0.39 is 12.6 Å². The molecule has 0 aliphatic rings. The van der Waals surface area contributed by atoms with Gasteiger partial charge in [-0.3, -0.25) is 0 Å². The molecular weight excluding hydrogens is 306 g/mol. The number of carboxylic acids is 1. The summed E-state index contributed by atoms with van der Waals surface area (Å²) in [6.45, 7) is -3.35. The molecule has 0 radical (unpaired) electrons. The molecule has 1 heterocycles. The van der Waals surface area contributed by atoms with Crippen LogP contribution in [0.1, 0.15) is 15.9 Å². The molecule has 0 aliphatic carbocycles. The van der Waals surface area contributed by atoms with Crippen molar-refractivity contribution in [3.05, 3.63) is 41.6 Å². The molecule has 0 bridgehead atoms. The van der Waals surface area contributed by atoms with E-state index in [1.807, 2.05) is 0 Å². The minimum Gasteiger partial charge on any atom is -0.478 e. The van der Waals surface area contributed by atoms with Crippen LogP contribution < -0.4 is 9.47 Å². The van der Waals surface area contributed by atoms with Gasteiger partial charge in [0.1, 0.15) is 12.4 Å². The van der Waals surface area contributed by atoms with Crippen molar-refractivity contribution < 1.29 is 28.2 Å². The Morgan fingerprint density at radius 3 is 2.76 bits per heavy atom. The first-order chi connectivity index (χ1) is 9.97. The van der Waals surface area contributed by atoms with Crippen molar-refractivity contribution in [2.45, 2.75) is 13.2 Å². The van der Waals surface area contributed by atoms with E-state index in [4.69, 9.17) is 9.84 Å². The van der Waals surface area contributed by atoms with Gasteiger partial charge in [0.25, 0.3) is 0 Å². The molecule has 21 heavy (non-hydrogen) atoms. The third kappa shape index (κ3) is 3.85. The number of hydrogen-bond acceptors (Lipinski definition) is 5. The van der Waals surface area contributed by atoms with Crippen LogP contribution in [0.2, 0.25) is 0 Å². The molecule has 0 unspecified atom stereocenters. The molecule has 0 spiro atoms.